The van der Waals surface area contributed by atoms with Crippen LogP contribution >= 0.6 is 23.2 Å². The lowest BCUT2D eigenvalue weighted by Crippen LogP contribution is -2.14. The summed E-state index contributed by atoms with van der Waals surface area (Å²) < 4.78 is 10.7. The Morgan fingerprint density at radius 1 is 1.00 bits per heavy atom. The number of carbonyl (C=O) groups is 1. The third-order valence-electron chi connectivity index (χ3n) is 4.87. The first-order valence-corrected chi connectivity index (χ1v) is 10.1. The maximum atomic E-state index is 12.8. The van der Waals surface area contributed by atoms with Gasteiger partial charge in [0.2, 0.25) is 0 Å². The zero-order valence-corrected chi connectivity index (χ0v) is 18.2. The summed E-state index contributed by atoms with van der Waals surface area (Å²) in [6.45, 7) is 1.86. The second-order valence-electron chi connectivity index (χ2n) is 6.94. The molecule has 156 valence electrons. The van der Waals surface area contributed by atoms with E-state index >= 15 is 0 Å². The molecule has 7 heteroatoms. The standard InChI is InChI=1S/C24H17Cl2NO4/c1-13-9-16(27-23(28)19-11-15(25)12-20(26)22(19)30-2)7-8-17(13)18-10-14-5-3-4-6-21(14)31-24(18)29/h3-12H,1-2H3,(H,27,28). The molecule has 0 unspecified atom stereocenters. The Morgan fingerprint density at radius 3 is 2.52 bits per heavy atom. The smallest absolute Gasteiger partial charge is 0.344 e. The molecule has 3 aromatic carbocycles. The van der Waals surface area contributed by atoms with Gasteiger partial charge in [0.05, 0.1) is 23.3 Å². The van der Waals surface area contributed by atoms with E-state index < -0.39 is 11.5 Å². The van der Waals surface area contributed by atoms with Crippen LogP contribution in [0.25, 0.3) is 22.1 Å². The molecule has 4 rings (SSSR count). The van der Waals surface area contributed by atoms with Gasteiger partial charge >= 0.3 is 5.63 Å². The number of benzene rings is 3. The minimum Gasteiger partial charge on any atom is -0.494 e. The number of aryl methyl sites for hydroxylation is 1. The predicted molar refractivity (Wildman–Crippen MR) is 124 cm³/mol. The molecule has 0 aliphatic carbocycles. The van der Waals surface area contributed by atoms with Crippen molar-refractivity contribution in [1.29, 1.82) is 0 Å². The van der Waals surface area contributed by atoms with Crippen LogP contribution in [0.4, 0.5) is 5.69 Å². The summed E-state index contributed by atoms with van der Waals surface area (Å²) in [5.74, 6) is -0.177. The van der Waals surface area contributed by atoms with Crippen LogP contribution in [-0.4, -0.2) is 13.0 Å². The zero-order valence-electron chi connectivity index (χ0n) is 16.7. The van der Waals surface area contributed by atoms with Gasteiger partial charge in [0.15, 0.2) is 0 Å². The van der Waals surface area contributed by atoms with Crippen molar-refractivity contribution in [2.45, 2.75) is 6.92 Å². The molecule has 0 bridgehead atoms. The van der Waals surface area contributed by atoms with Crippen molar-refractivity contribution in [3.05, 3.63) is 92.3 Å². The number of carbonyl (C=O) groups excluding carboxylic acids is 1. The molecule has 0 fully saturated rings. The molecule has 0 radical (unpaired) electrons. The van der Waals surface area contributed by atoms with E-state index in [1.807, 2.05) is 25.1 Å². The summed E-state index contributed by atoms with van der Waals surface area (Å²) >= 11 is 12.2. The fourth-order valence-corrected chi connectivity index (χ4v) is 4.00. The Hall–Kier alpha value is -3.28. The van der Waals surface area contributed by atoms with E-state index in [4.69, 9.17) is 32.4 Å². The average Bonchev–Trinajstić information content (AvgIpc) is 2.73. The third kappa shape index (κ3) is 4.15. The number of para-hydroxylation sites is 1. The predicted octanol–water partition coefficient (Wildman–Crippen LogP) is 6.34. The lowest BCUT2D eigenvalue weighted by Gasteiger charge is -2.13. The molecular formula is C24H17Cl2NO4. The third-order valence-corrected chi connectivity index (χ3v) is 5.37. The van der Waals surface area contributed by atoms with Crippen LogP contribution in [-0.2, 0) is 0 Å². The topological polar surface area (TPSA) is 68.5 Å². The van der Waals surface area contributed by atoms with Crippen molar-refractivity contribution >= 4 is 45.8 Å². The Labute approximate surface area is 188 Å². The number of hydrogen-bond acceptors (Lipinski definition) is 4. The van der Waals surface area contributed by atoms with Gasteiger partial charge in [-0.3, -0.25) is 4.79 Å². The Kier molecular flexibility index (Phi) is 5.72. The summed E-state index contributed by atoms with van der Waals surface area (Å²) in [6.07, 6.45) is 0. The van der Waals surface area contributed by atoms with Crippen molar-refractivity contribution in [2.24, 2.45) is 0 Å². The van der Waals surface area contributed by atoms with E-state index in [9.17, 15) is 9.59 Å². The van der Waals surface area contributed by atoms with Crippen LogP contribution in [0.5, 0.6) is 5.75 Å². The number of fused-ring (bicyclic) bond motifs is 1. The number of nitrogens with one attached hydrogen (secondary N) is 1. The highest BCUT2D eigenvalue weighted by Gasteiger charge is 2.18. The SMILES string of the molecule is COc1c(Cl)cc(Cl)cc1C(=O)Nc1ccc(-c2cc3ccccc3oc2=O)c(C)c1. The van der Waals surface area contributed by atoms with Gasteiger partial charge < -0.3 is 14.5 Å². The van der Waals surface area contributed by atoms with Crippen molar-refractivity contribution in [2.75, 3.05) is 12.4 Å². The van der Waals surface area contributed by atoms with E-state index in [1.54, 1.807) is 30.3 Å². The number of hydrogen-bond donors (Lipinski definition) is 1. The molecule has 4 aromatic rings. The lowest BCUT2D eigenvalue weighted by atomic mass is 10.0. The van der Waals surface area contributed by atoms with E-state index in [1.165, 1.54) is 19.2 Å². The summed E-state index contributed by atoms with van der Waals surface area (Å²) in [5.41, 5.74) is 2.87. The number of amides is 1. The van der Waals surface area contributed by atoms with Crippen LogP contribution in [0.15, 0.2) is 69.9 Å². The van der Waals surface area contributed by atoms with Crippen molar-refractivity contribution in [3.8, 4) is 16.9 Å². The van der Waals surface area contributed by atoms with Gasteiger partial charge in [-0.25, -0.2) is 4.79 Å². The summed E-state index contributed by atoms with van der Waals surface area (Å²) in [6, 6.07) is 17.4. The van der Waals surface area contributed by atoms with Gasteiger partial charge in [0.25, 0.3) is 5.91 Å². The van der Waals surface area contributed by atoms with E-state index in [0.29, 0.717) is 21.9 Å². The Balaban J connectivity index is 1.67. The first-order valence-electron chi connectivity index (χ1n) is 9.35. The molecule has 1 aromatic heterocycles. The molecule has 1 N–H and O–H groups in total. The van der Waals surface area contributed by atoms with Crippen LogP contribution < -0.4 is 15.7 Å². The number of ether oxygens (including phenoxy) is 1. The highest BCUT2D eigenvalue weighted by atomic mass is 35.5. The van der Waals surface area contributed by atoms with E-state index in [-0.39, 0.29) is 16.3 Å². The fourth-order valence-electron chi connectivity index (χ4n) is 3.43. The summed E-state index contributed by atoms with van der Waals surface area (Å²) in [5, 5.41) is 4.22. The summed E-state index contributed by atoms with van der Waals surface area (Å²) in [4.78, 5) is 25.3. The van der Waals surface area contributed by atoms with Crippen molar-refractivity contribution in [1.82, 2.24) is 0 Å². The van der Waals surface area contributed by atoms with Crippen molar-refractivity contribution in [3.63, 3.8) is 0 Å². The van der Waals surface area contributed by atoms with E-state index in [0.717, 1.165) is 16.5 Å². The number of rotatable bonds is 4. The maximum absolute atomic E-state index is 12.8. The monoisotopic (exact) mass is 453 g/mol. The van der Waals surface area contributed by atoms with Crippen molar-refractivity contribution < 1.29 is 13.9 Å². The maximum Gasteiger partial charge on any atom is 0.344 e. The van der Waals surface area contributed by atoms with Crippen LogP contribution in [0.2, 0.25) is 10.0 Å². The first kappa shape index (κ1) is 21.0. The number of methoxy groups -OCH3 is 1. The average molecular weight is 454 g/mol. The largest absolute Gasteiger partial charge is 0.494 e. The van der Waals surface area contributed by atoms with Gasteiger partial charge in [0.1, 0.15) is 11.3 Å². The fraction of sp³-hybridized carbons (Fsp3) is 0.0833. The van der Waals surface area contributed by atoms with Gasteiger partial charge in [0, 0.05) is 16.1 Å². The second-order valence-corrected chi connectivity index (χ2v) is 7.78. The first-order chi connectivity index (χ1) is 14.9. The van der Waals surface area contributed by atoms with Gasteiger partial charge in [-0.1, -0.05) is 47.5 Å². The zero-order chi connectivity index (χ0) is 22.1. The highest BCUT2D eigenvalue weighted by Crippen LogP contribution is 2.33. The lowest BCUT2D eigenvalue weighted by molar-refractivity contribution is 0.102. The van der Waals surface area contributed by atoms with Gasteiger partial charge in [-0.05, 0) is 54.4 Å². The van der Waals surface area contributed by atoms with Gasteiger partial charge in [-0.2, -0.15) is 0 Å². The number of halogens is 2. The highest BCUT2D eigenvalue weighted by molar-refractivity contribution is 6.36. The summed E-state index contributed by atoms with van der Waals surface area (Å²) in [7, 11) is 1.43. The normalized spacial score (nSPS) is 10.8. The molecule has 0 atom stereocenters. The molecule has 0 saturated carbocycles. The molecule has 0 saturated heterocycles. The van der Waals surface area contributed by atoms with Crippen LogP contribution in [0.1, 0.15) is 15.9 Å². The molecule has 0 spiro atoms. The molecule has 1 amide bonds. The van der Waals surface area contributed by atoms with Gasteiger partial charge in [-0.15, -0.1) is 0 Å². The molecule has 0 aliphatic rings. The molecule has 1 heterocycles. The van der Waals surface area contributed by atoms with Crippen LogP contribution in [0, 0.1) is 6.92 Å². The van der Waals surface area contributed by atoms with Crippen LogP contribution in [0.3, 0.4) is 0 Å². The van der Waals surface area contributed by atoms with E-state index in [2.05, 4.69) is 5.32 Å². The number of anilines is 1. The minimum absolute atomic E-state index is 0.219. The minimum atomic E-state index is -0.420. The molecule has 0 aliphatic heterocycles. The molecular weight excluding hydrogens is 437 g/mol. The molecule has 5 nitrogen and oxygen atoms in total. The molecule has 31 heavy (non-hydrogen) atoms. The second kappa shape index (κ2) is 8.46. The Morgan fingerprint density at radius 2 is 1.77 bits per heavy atom. The Bertz CT molecular complexity index is 1380. The quantitative estimate of drug-likeness (QED) is 0.366.